The van der Waals surface area contributed by atoms with Gasteiger partial charge in [-0.05, 0) is 35.4 Å². The van der Waals surface area contributed by atoms with Crippen LogP contribution in [-0.2, 0) is 22.4 Å². The minimum Gasteiger partial charge on any atom is -0.497 e. The van der Waals surface area contributed by atoms with Gasteiger partial charge in [-0.1, -0.05) is 24.3 Å². The van der Waals surface area contributed by atoms with Crippen LogP contribution in [0, 0.1) is 0 Å². The van der Waals surface area contributed by atoms with Crippen molar-refractivity contribution in [2.75, 3.05) is 19.5 Å². The highest BCUT2D eigenvalue weighted by Crippen LogP contribution is 2.14. The number of anilines is 1. The lowest BCUT2D eigenvalue weighted by molar-refractivity contribution is -0.120. The maximum Gasteiger partial charge on any atom is 0.228 e. The molecule has 2 aromatic rings. The highest BCUT2D eigenvalue weighted by Gasteiger charge is 2.06. The molecule has 23 heavy (non-hydrogen) atoms. The van der Waals surface area contributed by atoms with E-state index in [1.807, 2.05) is 36.4 Å². The fraction of sp³-hybridized carbons (Fsp3) is 0.222. The van der Waals surface area contributed by atoms with Crippen LogP contribution in [0.1, 0.15) is 11.1 Å². The van der Waals surface area contributed by atoms with Crippen LogP contribution >= 0.6 is 0 Å². The number of carbonyl (C=O) groups excluding carboxylic acids is 2. The van der Waals surface area contributed by atoms with E-state index in [9.17, 15) is 9.59 Å². The molecule has 0 unspecified atom stereocenters. The van der Waals surface area contributed by atoms with Crippen molar-refractivity contribution in [2.45, 2.75) is 12.8 Å². The number of carbonyl (C=O) groups is 2. The average Bonchev–Trinajstić information content (AvgIpc) is 2.56. The second-order valence-corrected chi connectivity index (χ2v) is 5.12. The highest BCUT2D eigenvalue weighted by molar-refractivity contribution is 5.92. The zero-order chi connectivity index (χ0) is 16.7. The predicted octanol–water partition coefficient (Wildman–Crippen LogP) is 2.16. The van der Waals surface area contributed by atoms with Crippen molar-refractivity contribution in [1.29, 1.82) is 0 Å². The number of amides is 2. The summed E-state index contributed by atoms with van der Waals surface area (Å²) in [6.45, 7) is 0. The molecule has 2 rings (SSSR count). The smallest absolute Gasteiger partial charge is 0.228 e. The number of rotatable bonds is 6. The van der Waals surface area contributed by atoms with Gasteiger partial charge in [-0.15, -0.1) is 0 Å². The lowest BCUT2D eigenvalue weighted by Crippen LogP contribution is -2.20. The van der Waals surface area contributed by atoms with Gasteiger partial charge >= 0.3 is 0 Å². The molecule has 0 spiro atoms. The SMILES string of the molecule is CNC(=O)Cc1ccc(NC(=O)Cc2cccc(OC)c2)cc1. The standard InChI is InChI=1S/C18H20N2O3/c1-19-17(21)11-13-6-8-15(9-7-13)20-18(22)12-14-4-3-5-16(10-14)23-2/h3-10H,11-12H2,1-2H3,(H,19,21)(H,20,22). The van der Waals surface area contributed by atoms with Crippen LogP contribution in [0.3, 0.4) is 0 Å². The Morgan fingerprint density at radius 3 is 2.30 bits per heavy atom. The molecule has 0 aliphatic rings. The fourth-order valence-corrected chi connectivity index (χ4v) is 2.15. The molecule has 0 aromatic heterocycles. The normalized spacial score (nSPS) is 10.0. The van der Waals surface area contributed by atoms with E-state index in [0.29, 0.717) is 12.1 Å². The molecule has 0 radical (unpaired) electrons. The minimum atomic E-state index is -0.0997. The quantitative estimate of drug-likeness (QED) is 0.859. The van der Waals surface area contributed by atoms with Crippen molar-refractivity contribution in [3.63, 3.8) is 0 Å². The van der Waals surface area contributed by atoms with E-state index < -0.39 is 0 Å². The van der Waals surface area contributed by atoms with Crippen LogP contribution in [0.25, 0.3) is 0 Å². The van der Waals surface area contributed by atoms with Gasteiger partial charge in [-0.25, -0.2) is 0 Å². The van der Waals surface area contributed by atoms with Crippen LogP contribution < -0.4 is 15.4 Å². The summed E-state index contributed by atoms with van der Waals surface area (Å²) in [7, 11) is 3.20. The number of methoxy groups -OCH3 is 1. The Balaban J connectivity index is 1.93. The fourth-order valence-electron chi connectivity index (χ4n) is 2.15. The Bertz CT molecular complexity index is 681. The van der Waals surface area contributed by atoms with Crippen LogP contribution in [0.2, 0.25) is 0 Å². The van der Waals surface area contributed by atoms with Crippen molar-refractivity contribution in [2.24, 2.45) is 0 Å². The zero-order valence-electron chi connectivity index (χ0n) is 13.3. The molecule has 0 saturated carbocycles. The van der Waals surface area contributed by atoms with Gasteiger partial charge < -0.3 is 15.4 Å². The summed E-state index contributed by atoms with van der Waals surface area (Å²) < 4.78 is 5.14. The van der Waals surface area contributed by atoms with E-state index in [-0.39, 0.29) is 18.2 Å². The summed E-state index contributed by atoms with van der Waals surface area (Å²) >= 11 is 0. The van der Waals surface area contributed by atoms with Crippen LogP contribution in [0.15, 0.2) is 48.5 Å². The van der Waals surface area contributed by atoms with Crippen molar-refractivity contribution in [1.82, 2.24) is 5.32 Å². The Morgan fingerprint density at radius 1 is 0.957 bits per heavy atom. The van der Waals surface area contributed by atoms with Gasteiger partial charge in [-0.3, -0.25) is 9.59 Å². The van der Waals surface area contributed by atoms with Gasteiger partial charge in [0.1, 0.15) is 5.75 Å². The molecule has 2 N–H and O–H groups in total. The monoisotopic (exact) mass is 312 g/mol. The number of nitrogens with one attached hydrogen (secondary N) is 2. The summed E-state index contributed by atoms with van der Waals surface area (Å²) in [4.78, 5) is 23.4. The maximum atomic E-state index is 12.1. The van der Waals surface area contributed by atoms with Crippen molar-refractivity contribution in [3.05, 3.63) is 59.7 Å². The summed E-state index contributed by atoms with van der Waals surface area (Å²) in [5.74, 6) is 0.589. The molecule has 5 nitrogen and oxygen atoms in total. The number of hydrogen-bond donors (Lipinski definition) is 2. The largest absolute Gasteiger partial charge is 0.497 e. The molecule has 0 atom stereocenters. The highest BCUT2D eigenvalue weighted by atomic mass is 16.5. The Morgan fingerprint density at radius 2 is 1.65 bits per heavy atom. The van der Waals surface area contributed by atoms with Crippen molar-refractivity contribution in [3.8, 4) is 5.75 Å². The van der Waals surface area contributed by atoms with Crippen LogP contribution in [0.4, 0.5) is 5.69 Å². The predicted molar refractivity (Wildman–Crippen MR) is 89.5 cm³/mol. The average molecular weight is 312 g/mol. The molecule has 0 bridgehead atoms. The second-order valence-electron chi connectivity index (χ2n) is 5.12. The van der Waals surface area contributed by atoms with Gasteiger partial charge in [0.15, 0.2) is 0 Å². The van der Waals surface area contributed by atoms with Gasteiger partial charge in [0.2, 0.25) is 11.8 Å². The topological polar surface area (TPSA) is 67.4 Å². The van der Waals surface area contributed by atoms with Crippen LogP contribution in [-0.4, -0.2) is 26.0 Å². The third-order valence-corrected chi connectivity index (χ3v) is 3.38. The van der Waals surface area contributed by atoms with Gasteiger partial charge in [0.25, 0.3) is 0 Å². The summed E-state index contributed by atoms with van der Waals surface area (Å²) in [5.41, 5.74) is 2.49. The first kappa shape index (κ1) is 16.5. The van der Waals surface area contributed by atoms with Gasteiger partial charge in [0, 0.05) is 12.7 Å². The molecule has 5 heteroatoms. The first-order valence-corrected chi connectivity index (χ1v) is 7.33. The van der Waals surface area contributed by atoms with Gasteiger partial charge in [-0.2, -0.15) is 0 Å². The molecule has 0 saturated heterocycles. The third kappa shape index (κ3) is 5.14. The van der Waals surface area contributed by atoms with Crippen LogP contribution in [0.5, 0.6) is 5.75 Å². The molecule has 0 fully saturated rings. The first-order chi connectivity index (χ1) is 11.1. The Labute approximate surface area is 135 Å². The molecule has 2 aromatic carbocycles. The molecular weight excluding hydrogens is 292 g/mol. The van der Waals surface area contributed by atoms with Gasteiger partial charge in [0.05, 0.1) is 20.0 Å². The van der Waals surface area contributed by atoms with E-state index in [0.717, 1.165) is 16.9 Å². The molecule has 0 heterocycles. The maximum absolute atomic E-state index is 12.1. The zero-order valence-corrected chi connectivity index (χ0v) is 13.3. The minimum absolute atomic E-state index is 0.0418. The van der Waals surface area contributed by atoms with Crippen molar-refractivity contribution < 1.29 is 14.3 Å². The number of ether oxygens (including phenoxy) is 1. The van der Waals surface area contributed by atoms with E-state index >= 15 is 0 Å². The number of benzene rings is 2. The third-order valence-electron chi connectivity index (χ3n) is 3.38. The van der Waals surface area contributed by atoms with E-state index in [1.165, 1.54) is 0 Å². The van der Waals surface area contributed by atoms with E-state index in [1.54, 1.807) is 26.3 Å². The molecule has 120 valence electrons. The number of likely N-dealkylation sites (N-methyl/N-ethyl adjacent to an activating group) is 1. The lowest BCUT2D eigenvalue weighted by atomic mass is 10.1. The summed E-state index contributed by atoms with van der Waals surface area (Å²) in [6, 6.07) is 14.7. The Hall–Kier alpha value is -2.82. The summed E-state index contributed by atoms with van der Waals surface area (Å²) in [5, 5.41) is 5.42. The number of hydrogen-bond acceptors (Lipinski definition) is 3. The molecule has 2 amide bonds. The molecular formula is C18H20N2O3. The Kier molecular flexibility index (Phi) is 5.74. The first-order valence-electron chi connectivity index (χ1n) is 7.33. The van der Waals surface area contributed by atoms with Crippen molar-refractivity contribution >= 4 is 17.5 Å². The molecule has 0 aliphatic carbocycles. The second kappa shape index (κ2) is 7.98. The lowest BCUT2D eigenvalue weighted by Gasteiger charge is -2.07. The molecule has 0 aliphatic heterocycles. The van der Waals surface area contributed by atoms with E-state index in [4.69, 9.17) is 4.74 Å². The van der Waals surface area contributed by atoms with E-state index in [2.05, 4.69) is 10.6 Å². The summed E-state index contributed by atoms with van der Waals surface area (Å²) in [6.07, 6.45) is 0.603.